The molecule has 20 heavy (non-hydrogen) atoms. The number of nitrogens with one attached hydrogen (secondary N) is 2. The lowest BCUT2D eigenvalue weighted by molar-refractivity contribution is 0.0693. The molecule has 9 heteroatoms. The minimum Gasteiger partial charge on any atom is -0.478 e. The van der Waals surface area contributed by atoms with Crippen molar-refractivity contribution in [3.05, 3.63) is 41.6 Å². The van der Waals surface area contributed by atoms with Crippen LogP contribution in [0.3, 0.4) is 0 Å². The summed E-state index contributed by atoms with van der Waals surface area (Å²) in [5.74, 6) is -2.22. The predicted molar refractivity (Wildman–Crippen MR) is 67.5 cm³/mol. The van der Waals surface area contributed by atoms with Gasteiger partial charge in [-0.05, 0) is 19.1 Å². The van der Waals surface area contributed by atoms with Gasteiger partial charge in [0, 0.05) is 0 Å². The first kappa shape index (κ1) is 14.0. The highest BCUT2D eigenvalue weighted by atomic mass is 32.2. The predicted octanol–water partition coefficient (Wildman–Crippen LogP) is 1.36. The standard InChI is InChI=1S/C11H10FN3O4S/c1-6-13-5-9(14-6)20(18,19)15-8-4-2-3-7(12)10(8)11(16)17/h2-5,15H,1H3,(H,13,14)(H,16,17). The molecule has 0 amide bonds. The Morgan fingerprint density at radius 1 is 1.45 bits per heavy atom. The number of aromatic amines is 1. The lowest BCUT2D eigenvalue weighted by atomic mass is 10.2. The van der Waals surface area contributed by atoms with Gasteiger partial charge in [0.2, 0.25) is 0 Å². The Labute approximate surface area is 113 Å². The second-order valence-electron chi connectivity index (χ2n) is 3.91. The van der Waals surface area contributed by atoms with Crippen LogP contribution in [0.15, 0.2) is 29.4 Å². The Morgan fingerprint density at radius 3 is 2.70 bits per heavy atom. The first-order valence-corrected chi connectivity index (χ1v) is 6.86. The smallest absolute Gasteiger partial charge is 0.340 e. The summed E-state index contributed by atoms with van der Waals surface area (Å²) in [5, 5.41) is 8.68. The molecular formula is C11H10FN3O4S. The summed E-state index contributed by atoms with van der Waals surface area (Å²) in [6.07, 6.45) is 1.08. The number of nitrogens with zero attached hydrogens (tertiary/aromatic N) is 1. The SMILES string of the molecule is Cc1ncc(S(=O)(=O)Nc2cccc(F)c2C(=O)O)[nH]1. The summed E-state index contributed by atoms with van der Waals surface area (Å²) in [5.41, 5.74) is -1.10. The maximum Gasteiger partial charge on any atom is 0.340 e. The maximum atomic E-state index is 13.4. The van der Waals surface area contributed by atoms with Crippen LogP contribution in [-0.4, -0.2) is 29.5 Å². The number of carboxylic acid groups (broad SMARTS) is 1. The van der Waals surface area contributed by atoms with Gasteiger partial charge in [-0.1, -0.05) is 6.07 Å². The molecule has 7 nitrogen and oxygen atoms in total. The highest BCUT2D eigenvalue weighted by molar-refractivity contribution is 7.92. The van der Waals surface area contributed by atoms with Gasteiger partial charge >= 0.3 is 5.97 Å². The zero-order chi connectivity index (χ0) is 14.9. The normalized spacial score (nSPS) is 11.3. The number of aryl methyl sites for hydroxylation is 1. The Balaban J connectivity index is 2.45. The molecule has 2 rings (SSSR count). The number of anilines is 1. The summed E-state index contributed by atoms with van der Waals surface area (Å²) < 4.78 is 39.5. The number of aromatic carboxylic acids is 1. The van der Waals surface area contributed by atoms with Gasteiger partial charge < -0.3 is 10.1 Å². The van der Waals surface area contributed by atoms with Crippen molar-refractivity contribution < 1.29 is 22.7 Å². The molecule has 1 aromatic heterocycles. The third-order valence-electron chi connectivity index (χ3n) is 2.44. The van der Waals surface area contributed by atoms with Gasteiger partial charge in [-0.15, -0.1) is 0 Å². The first-order chi connectivity index (χ1) is 9.31. The summed E-state index contributed by atoms with van der Waals surface area (Å²) >= 11 is 0. The third-order valence-corrected chi connectivity index (χ3v) is 3.72. The van der Waals surface area contributed by atoms with Crippen LogP contribution in [0.25, 0.3) is 0 Å². The van der Waals surface area contributed by atoms with Crippen LogP contribution in [0.2, 0.25) is 0 Å². The van der Waals surface area contributed by atoms with E-state index in [9.17, 15) is 17.6 Å². The van der Waals surface area contributed by atoms with E-state index in [-0.39, 0.29) is 10.7 Å². The first-order valence-electron chi connectivity index (χ1n) is 5.37. The molecule has 0 radical (unpaired) electrons. The van der Waals surface area contributed by atoms with Gasteiger partial charge in [0.05, 0.1) is 11.9 Å². The van der Waals surface area contributed by atoms with Crippen LogP contribution in [0.1, 0.15) is 16.2 Å². The van der Waals surface area contributed by atoms with Crippen molar-refractivity contribution in [3.63, 3.8) is 0 Å². The molecule has 0 saturated heterocycles. The van der Waals surface area contributed by atoms with Crippen molar-refractivity contribution in [2.75, 3.05) is 4.72 Å². The number of hydrogen-bond donors (Lipinski definition) is 3. The van der Waals surface area contributed by atoms with E-state index < -0.39 is 27.4 Å². The fourth-order valence-electron chi connectivity index (χ4n) is 1.56. The highest BCUT2D eigenvalue weighted by Gasteiger charge is 2.22. The van der Waals surface area contributed by atoms with Crippen LogP contribution in [0.5, 0.6) is 0 Å². The monoisotopic (exact) mass is 299 g/mol. The molecule has 0 aliphatic heterocycles. The van der Waals surface area contributed by atoms with Crippen LogP contribution in [-0.2, 0) is 10.0 Å². The maximum absolute atomic E-state index is 13.4. The van der Waals surface area contributed by atoms with E-state index in [0.717, 1.165) is 18.3 Å². The molecule has 1 heterocycles. The van der Waals surface area contributed by atoms with Crippen molar-refractivity contribution in [3.8, 4) is 0 Å². The number of carbonyl (C=O) groups is 1. The van der Waals surface area contributed by atoms with E-state index in [0.29, 0.717) is 5.82 Å². The highest BCUT2D eigenvalue weighted by Crippen LogP contribution is 2.22. The van der Waals surface area contributed by atoms with Crippen LogP contribution >= 0.6 is 0 Å². The van der Waals surface area contributed by atoms with E-state index in [1.165, 1.54) is 6.07 Å². The molecule has 0 atom stereocenters. The Hall–Kier alpha value is -2.42. The average molecular weight is 299 g/mol. The number of aromatic nitrogens is 2. The summed E-state index contributed by atoms with van der Waals surface area (Å²) in [7, 11) is -4.06. The van der Waals surface area contributed by atoms with Crippen LogP contribution < -0.4 is 4.72 Å². The Kier molecular flexibility index (Phi) is 3.45. The van der Waals surface area contributed by atoms with Gasteiger partial charge in [0.15, 0.2) is 5.03 Å². The number of benzene rings is 1. The van der Waals surface area contributed by atoms with E-state index >= 15 is 0 Å². The lowest BCUT2D eigenvalue weighted by Crippen LogP contribution is -2.16. The molecule has 106 valence electrons. The topological polar surface area (TPSA) is 112 Å². The summed E-state index contributed by atoms with van der Waals surface area (Å²) in [6, 6.07) is 3.30. The van der Waals surface area contributed by atoms with Gasteiger partial charge in [-0.2, -0.15) is 8.42 Å². The Bertz CT molecular complexity index is 770. The molecule has 3 N–H and O–H groups in total. The summed E-state index contributed by atoms with van der Waals surface area (Å²) in [6.45, 7) is 1.56. The van der Waals surface area contributed by atoms with Crippen molar-refractivity contribution in [1.29, 1.82) is 0 Å². The largest absolute Gasteiger partial charge is 0.478 e. The van der Waals surface area contributed by atoms with E-state index in [4.69, 9.17) is 5.11 Å². The lowest BCUT2D eigenvalue weighted by Gasteiger charge is -2.09. The fraction of sp³-hybridized carbons (Fsp3) is 0.0909. The van der Waals surface area contributed by atoms with Crippen LogP contribution in [0, 0.1) is 12.7 Å². The molecule has 0 aliphatic rings. The average Bonchev–Trinajstić information content (AvgIpc) is 2.75. The minimum atomic E-state index is -4.06. The fourth-order valence-corrected chi connectivity index (χ4v) is 2.60. The summed E-state index contributed by atoms with van der Waals surface area (Å²) in [4.78, 5) is 17.2. The van der Waals surface area contributed by atoms with E-state index in [2.05, 4.69) is 9.97 Å². The van der Waals surface area contributed by atoms with Gasteiger partial charge in [-0.3, -0.25) is 4.72 Å². The third kappa shape index (κ3) is 2.62. The molecule has 0 saturated carbocycles. The molecule has 0 unspecified atom stereocenters. The molecular weight excluding hydrogens is 289 g/mol. The molecule has 0 bridgehead atoms. The van der Waals surface area contributed by atoms with Gasteiger partial charge in [0.1, 0.15) is 17.2 Å². The number of sulfonamides is 1. The number of hydrogen-bond acceptors (Lipinski definition) is 4. The molecule has 0 aliphatic carbocycles. The minimum absolute atomic E-state index is 0.240. The van der Waals surface area contributed by atoms with Crippen molar-refractivity contribution in [2.24, 2.45) is 0 Å². The molecule has 0 fully saturated rings. The Morgan fingerprint density at radius 2 is 2.15 bits per heavy atom. The second-order valence-corrected chi connectivity index (χ2v) is 5.56. The van der Waals surface area contributed by atoms with Crippen LogP contribution in [0.4, 0.5) is 10.1 Å². The second kappa shape index (κ2) is 4.93. The molecule has 0 spiro atoms. The zero-order valence-corrected chi connectivity index (χ0v) is 11.0. The van der Waals surface area contributed by atoms with E-state index in [1.54, 1.807) is 6.92 Å². The van der Waals surface area contributed by atoms with Crippen molar-refractivity contribution in [1.82, 2.24) is 9.97 Å². The number of H-pyrrole nitrogens is 1. The number of halogens is 1. The van der Waals surface area contributed by atoms with E-state index in [1.807, 2.05) is 4.72 Å². The van der Waals surface area contributed by atoms with Gasteiger partial charge in [0.25, 0.3) is 10.0 Å². The number of carboxylic acids is 1. The van der Waals surface area contributed by atoms with Crippen molar-refractivity contribution in [2.45, 2.75) is 11.9 Å². The van der Waals surface area contributed by atoms with Crippen molar-refractivity contribution >= 4 is 21.7 Å². The number of imidazole rings is 1. The zero-order valence-electron chi connectivity index (χ0n) is 10.2. The number of rotatable bonds is 4. The molecule has 2 aromatic rings. The molecule has 1 aromatic carbocycles. The van der Waals surface area contributed by atoms with Gasteiger partial charge in [-0.25, -0.2) is 14.2 Å². The quantitative estimate of drug-likeness (QED) is 0.789.